The molecule has 2 aromatic rings. The van der Waals surface area contributed by atoms with E-state index < -0.39 is 0 Å². The van der Waals surface area contributed by atoms with Crippen LogP contribution in [0.25, 0.3) is 0 Å². The quantitative estimate of drug-likeness (QED) is 0.781. The minimum absolute atomic E-state index is 0.906. The lowest BCUT2D eigenvalue weighted by molar-refractivity contribution is 0.805. The molecule has 0 unspecified atom stereocenters. The molecule has 0 bridgehead atoms. The van der Waals surface area contributed by atoms with E-state index in [1.54, 1.807) is 18.4 Å². The van der Waals surface area contributed by atoms with E-state index in [-0.39, 0.29) is 0 Å². The van der Waals surface area contributed by atoms with Crippen LogP contribution in [-0.4, -0.2) is 31.0 Å². The number of thiazole rings is 1. The fourth-order valence-corrected chi connectivity index (χ4v) is 2.93. The summed E-state index contributed by atoms with van der Waals surface area (Å²) in [7, 11) is 1.79. The van der Waals surface area contributed by atoms with Crippen LogP contribution in [-0.2, 0) is 0 Å². The maximum absolute atomic E-state index is 4.52. The predicted molar refractivity (Wildman–Crippen MR) is 91.5 cm³/mol. The summed E-state index contributed by atoms with van der Waals surface area (Å²) in [5.74, 6) is 0. The van der Waals surface area contributed by atoms with Crippen molar-refractivity contribution in [3.63, 3.8) is 0 Å². The summed E-state index contributed by atoms with van der Waals surface area (Å²) >= 11 is 1.60. The number of nitrogens with zero attached hydrogens (tertiary/aromatic N) is 4. The number of hydrogen-bond acceptors (Lipinski definition) is 4. The van der Waals surface area contributed by atoms with Gasteiger partial charge in [-0.25, -0.2) is 4.68 Å². The fraction of sp³-hybridized carbons (Fsp3) is 0.375. The monoisotopic (exact) mass is 302 g/mol. The van der Waals surface area contributed by atoms with Gasteiger partial charge in [-0.2, -0.15) is 5.10 Å². The Labute approximate surface area is 130 Å². The molecule has 0 spiro atoms. The number of benzene rings is 1. The molecule has 0 aliphatic heterocycles. The summed E-state index contributed by atoms with van der Waals surface area (Å²) in [4.78, 5) is 7.46. The summed E-state index contributed by atoms with van der Waals surface area (Å²) in [6.07, 6.45) is 1.88. The molecule has 0 saturated carbocycles. The molecular formula is C16H22N4S. The zero-order valence-corrected chi connectivity index (χ0v) is 13.9. The Hall–Kier alpha value is -1.88. The molecule has 0 aliphatic carbocycles. The van der Waals surface area contributed by atoms with Crippen LogP contribution in [0.2, 0.25) is 0 Å². The van der Waals surface area contributed by atoms with Gasteiger partial charge in [0.25, 0.3) is 0 Å². The first-order chi connectivity index (χ1) is 10.2. The first kappa shape index (κ1) is 15.5. The van der Waals surface area contributed by atoms with Crippen molar-refractivity contribution in [2.75, 3.05) is 25.0 Å². The molecule has 2 rings (SSSR count). The zero-order chi connectivity index (χ0) is 15.2. The lowest BCUT2D eigenvalue weighted by atomic mass is 10.2. The van der Waals surface area contributed by atoms with Gasteiger partial charge in [0.2, 0.25) is 4.80 Å². The standard InChI is InChI=1S/C16H22N4S/c1-5-19(6-2)15-9-7-14(8-10-15)11-18-20-13(3)12-21-16(20)17-4/h7-12H,5-6H2,1-4H3. The van der Waals surface area contributed by atoms with Crippen LogP contribution in [0.5, 0.6) is 0 Å². The van der Waals surface area contributed by atoms with Gasteiger partial charge >= 0.3 is 0 Å². The molecular weight excluding hydrogens is 280 g/mol. The van der Waals surface area contributed by atoms with Crippen LogP contribution in [0.4, 0.5) is 5.69 Å². The summed E-state index contributed by atoms with van der Waals surface area (Å²) in [5, 5.41) is 6.58. The minimum atomic E-state index is 0.906. The van der Waals surface area contributed by atoms with Crippen molar-refractivity contribution in [2.45, 2.75) is 20.8 Å². The number of hydrogen-bond donors (Lipinski definition) is 0. The van der Waals surface area contributed by atoms with Crippen LogP contribution >= 0.6 is 11.3 Å². The number of aromatic nitrogens is 1. The molecule has 1 aromatic heterocycles. The molecule has 0 fully saturated rings. The molecule has 4 nitrogen and oxygen atoms in total. The van der Waals surface area contributed by atoms with Crippen molar-refractivity contribution in [3.05, 3.63) is 45.7 Å². The Balaban J connectivity index is 2.20. The molecule has 0 atom stereocenters. The molecule has 1 heterocycles. The SMILES string of the molecule is CCN(CC)c1ccc(C=Nn2c(C)csc2=NC)cc1. The van der Waals surface area contributed by atoms with Crippen molar-refractivity contribution in [1.82, 2.24) is 4.68 Å². The molecule has 1 aromatic carbocycles. The summed E-state index contributed by atoms with van der Waals surface area (Å²) in [6, 6.07) is 8.49. The third-order valence-electron chi connectivity index (χ3n) is 3.39. The second kappa shape index (κ2) is 7.22. The Morgan fingerprint density at radius 1 is 1.19 bits per heavy atom. The van der Waals surface area contributed by atoms with Gasteiger partial charge in [-0.3, -0.25) is 4.99 Å². The average Bonchev–Trinajstić information content (AvgIpc) is 2.88. The highest BCUT2D eigenvalue weighted by atomic mass is 32.1. The zero-order valence-electron chi connectivity index (χ0n) is 13.1. The topological polar surface area (TPSA) is 32.9 Å². The summed E-state index contributed by atoms with van der Waals surface area (Å²) in [5.41, 5.74) is 3.43. The van der Waals surface area contributed by atoms with Crippen molar-refractivity contribution in [1.29, 1.82) is 0 Å². The minimum Gasteiger partial charge on any atom is -0.372 e. The summed E-state index contributed by atoms with van der Waals surface area (Å²) < 4.78 is 1.86. The van der Waals surface area contributed by atoms with Crippen LogP contribution < -0.4 is 9.70 Å². The Kier molecular flexibility index (Phi) is 5.33. The maximum atomic E-state index is 4.52. The van der Waals surface area contributed by atoms with Crippen LogP contribution in [0.1, 0.15) is 25.1 Å². The first-order valence-electron chi connectivity index (χ1n) is 7.19. The Morgan fingerprint density at radius 3 is 2.43 bits per heavy atom. The van der Waals surface area contributed by atoms with Gasteiger partial charge in [-0.05, 0) is 38.5 Å². The van der Waals surface area contributed by atoms with Crippen molar-refractivity contribution in [2.24, 2.45) is 10.1 Å². The van der Waals surface area contributed by atoms with Crippen LogP contribution in [0.3, 0.4) is 0 Å². The molecule has 21 heavy (non-hydrogen) atoms. The van der Waals surface area contributed by atoms with Gasteiger partial charge in [0.15, 0.2) is 0 Å². The lowest BCUT2D eigenvalue weighted by Gasteiger charge is -2.20. The van der Waals surface area contributed by atoms with Crippen LogP contribution in [0, 0.1) is 6.92 Å². The third kappa shape index (κ3) is 3.61. The van der Waals surface area contributed by atoms with E-state index in [1.807, 2.05) is 17.8 Å². The van der Waals surface area contributed by atoms with E-state index in [0.717, 1.165) is 29.1 Å². The van der Waals surface area contributed by atoms with Crippen LogP contribution in [0.15, 0.2) is 39.7 Å². The number of rotatable bonds is 5. The first-order valence-corrected chi connectivity index (χ1v) is 8.06. The van der Waals surface area contributed by atoms with Gasteiger partial charge in [-0.1, -0.05) is 12.1 Å². The van der Waals surface area contributed by atoms with Gasteiger partial charge < -0.3 is 4.90 Å². The molecule has 0 N–H and O–H groups in total. The Bertz CT molecular complexity index is 660. The van der Waals surface area contributed by atoms with Gasteiger partial charge in [0, 0.05) is 31.2 Å². The molecule has 0 radical (unpaired) electrons. The molecule has 0 aliphatic rings. The van der Waals surface area contributed by atoms with E-state index >= 15 is 0 Å². The van der Waals surface area contributed by atoms with Gasteiger partial charge in [0.1, 0.15) is 0 Å². The largest absolute Gasteiger partial charge is 0.372 e. The normalized spacial score (nSPS) is 12.3. The van der Waals surface area contributed by atoms with E-state index in [2.05, 4.69) is 58.5 Å². The van der Waals surface area contributed by atoms with E-state index in [4.69, 9.17) is 0 Å². The van der Waals surface area contributed by atoms with E-state index in [1.165, 1.54) is 5.69 Å². The highest BCUT2D eigenvalue weighted by molar-refractivity contribution is 7.07. The highest BCUT2D eigenvalue weighted by Gasteiger charge is 2.01. The highest BCUT2D eigenvalue weighted by Crippen LogP contribution is 2.14. The fourth-order valence-electron chi connectivity index (χ4n) is 2.16. The number of anilines is 1. The molecule has 5 heteroatoms. The second-order valence-corrected chi connectivity index (χ2v) is 5.54. The maximum Gasteiger partial charge on any atom is 0.205 e. The second-order valence-electron chi connectivity index (χ2n) is 4.70. The van der Waals surface area contributed by atoms with Crippen molar-refractivity contribution >= 4 is 23.2 Å². The van der Waals surface area contributed by atoms with Gasteiger partial charge in [0.05, 0.1) is 11.9 Å². The van der Waals surface area contributed by atoms with Crippen molar-refractivity contribution in [3.8, 4) is 0 Å². The van der Waals surface area contributed by atoms with E-state index in [9.17, 15) is 0 Å². The smallest absolute Gasteiger partial charge is 0.205 e. The summed E-state index contributed by atoms with van der Waals surface area (Å²) in [6.45, 7) is 8.42. The molecule has 0 amide bonds. The van der Waals surface area contributed by atoms with E-state index in [0.29, 0.717) is 0 Å². The third-order valence-corrected chi connectivity index (χ3v) is 4.41. The molecule has 0 saturated heterocycles. The average molecular weight is 302 g/mol. The predicted octanol–water partition coefficient (Wildman–Crippen LogP) is 3.12. The van der Waals surface area contributed by atoms with Gasteiger partial charge in [-0.15, -0.1) is 11.3 Å². The Morgan fingerprint density at radius 2 is 1.86 bits per heavy atom. The van der Waals surface area contributed by atoms with Crippen molar-refractivity contribution < 1.29 is 0 Å². The number of aryl methyl sites for hydroxylation is 1. The lowest BCUT2D eigenvalue weighted by Crippen LogP contribution is -2.21. The molecule has 112 valence electrons.